The summed E-state index contributed by atoms with van der Waals surface area (Å²) in [5.41, 5.74) is 1.22. The molecule has 2 bridgehead atoms. The van der Waals surface area contributed by atoms with Gasteiger partial charge in [-0.3, -0.25) is 0 Å². The molecule has 25 heavy (non-hydrogen) atoms. The van der Waals surface area contributed by atoms with E-state index in [2.05, 4.69) is 38.7 Å². The third-order valence-corrected chi connectivity index (χ3v) is 6.92. The van der Waals surface area contributed by atoms with Gasteiger partial charge in [-0.25, -0.2) is 4.79 Å². The first kappa shape index (κ1) is 18.5. The molecule has 1 saturated heterocycles. The number of carbonyl (C=O) groups excluding carboxylic acids is 1. The fourth-order valence-corrected chi connectivity index (χ4v) is 5.17. The second-order valence-electron chi connectivity index (χ2n) is 8.31. The van der Waals surface area contributed by atoms with Crippen LogP contribution in [0.5, 0.6) is 0 Å². The number of ether oxygens (including phenoxy) is 2. The minimum Gasteiger partial charge on any atom is -0.449 e. The Hall–Kier alpha value is -1.29. The maximum Gasteiger partial charge on any atom is 0.407 e. The van der Waals surface area contributed by atoms with Gasteiger partial charge in [-0.05, 0) is 31.6 Å². The van der Waals surface area contributed by atoms with Crippen molar-refractivity contribution in [2.45, 2.75) is 65.0 Å². The zero-order valence-electron chi connectivity index (χ0n) is 15.9. The summed E-state index contributed by atoms with van der Waals surface area (Å²) in [6.45, 7) is 11.6. The molecule has 1 aliphatic heterocycles. The first-order valence-corrected chi connectivity index (χ1v) is 9.83. The minimum absolute atomic E-state index is 0.0583. The van der Waals surface area contributed by atoms with Crippen molar-refractivity contribution in [3.05, 3.63) is 24.3 Å². The lowest BCUT2D eigenvalue weighted by Crippen LogP contribution is -2.56. The van der Waals surface area contributed by atoms with Gasteiger partial charge in [-0.15, -0.1) is 6.58 Å². The topological polar surface area (TPSA) is 47.6 Å². The Morgan fingerprint density at radius 1 is 1.40 bits per heavy atom. The predicted octanol–water partition coefficient (Wildman–Crippen LogP) is 4.46. The van der Waals surface area contributed by atoms with Crippen molar-refractivity contribution < 1.29 is 14.3 Å². The summed E-state index contributed by atoms with van der Waals surface area (Å²) in [5, 5.41) is 3.05. The summed E-state index contributed by atoms with van der Waals surface area (Å²) < 4.78 is 11.8. The minimum atomic E-state index is -0.269. The second kappa shape index (κ2) is 7.53. The molecular weight excluding hydrogens is 314 g/mol. The van der Waals surface area contributed by atoms with E-state index in [-0.39, 0.29) is 23.7 Å². The van der Waals surface area contributed by atoms with Crippen LogP contribution in [0.15, 0.2) is 24.3 Å². The largest absolute Gasteiger partial charge is 0.449 e. The van der Waals surface area contributed by atoms with Crippen molar-refractivity contribution in [3.63, 3.8) is 0 Å². The van der Waals surface area contributed by atoms with E-state index in [0.717, 1.165) is 12.8 Å². The highest BCUT2D eigenvalue weighted by molar-refractivity contribution is 5.67. The lowest BCUT2D eigenvalue weighted by molar-refractivity contribution is -0.149. The molecule has 3 unspecified atom stereocenters. The maximum absolute atomic E-state index is 12.3. The summed E-state index contributed by atoms with van der Waals surface area (Å²) in [6.07, 6.45) is 9.86. The van der Waals surface area contributed by atoms with Gasteiger partial charge in [0.05, 0.1) is 12.7 Å². The maximum atomic E-state index is 12.3. The molecule has 4 nitrogen and oxygen atoms in total. The van der Waals surface area contributed by atoms with Crippen molar-refractivity contribution in [2.24, 2.45) is 23.2 Å². The summed E-state index contributed by atoms with van der Waals surface area (Å²) >= 11 is 0. The van der Waals surface area contributed by atoms with Crippen LogP contribution in [0.4, 0.5) is 4.79 Å². The predicted molar refractivity (Wildman–Crippen MR) is 99.3 cm³/mol. The van der Waals surface area contributed by atoms with Crippen LogP contribution >= 0.6 is 0 Å². The van der Waals surface area contributed by atoms with E-state index in [4.69, 9.17) is 9.47 Å². The molecule has 4 heteroatoms. The molecule has 5 atom stereocenters. The molecule has 1 N–H and O–H groups in total. The highest BCUT2D eigenvalue weighted by Gasteiger charge is 2.53. The molecular formula is C21H33NO3. The Labute approximate surface area is 152 Å². The number of fused-ring (bicyclic) bond motifs is 2. The zero-order valence-corrected chi connectivity index (χ0v) is 15.9. The average Bonchev–Trinajstić information content (AvgIpc) is 2.59. The molecule has 0 spiro atoms. The van der Waals surface area contributed by atoms with Gasteiger partial charge in [-0.1, -0.05) is 50.8 Å². The molecule has 0 aromatic carbocycles. The van der Waals surface area contributed by atoms with Crippen LogP contribution in [-0.4, -0.2) is 31.5 Å². The van der Waals surface area contributed by atoms with E-state index < -0.39 is 0 Å². The standard InChI is InChI=1S/C21H33NO3/c1-5-18-19-14(2)11-15(3)21(12-24-18,16(19)4)13-25-20(23)22-17-9-7-6-8-10-17/h5,11,15-19H,1,6-10,12-13H2,2-4H3,(H,22,23)/t15?,16-,18?,19?,21-/m0/s1. The molecule has 3 rings (SSSR count). The number of hydrogen-bond donors (Lipinski definition) is 1. The van der Waals surface area contributed by atoms with Crippen molar-refractivity contribution in [1.29, 1.82) is 0 Å². The Morgan fingerprint density at radius 3 is 2.80 bits per heavy atom. The number of alkyl carbamates (subject to hydrolysis) is 1. The second-order valence-corrected chi connectivity index (χ2v) is 8.31. The first-order chi connectivity index (χ1) is 12.0. The molecule has 0 aromatic heterocycles. The zero-order chi connectivity index (χ0) is 18.0. The summed E-state index contributed by atoms with van der Waals surface area (Å²) in [5.74, 6) is 1.05. The number of hydrogen-bond acceptors (Lipinski definition) is 3. The first-order valence-electron chi connectivity index (χ1n) is 9.83. The number of nitrogens with one attached hydrogen (secondary N) is 1. The monoisotopic (exact) mass is 347 g/mol. The molecule has 0 aromatic rings. The van der Waals surface area contributed by atoms with Gasteiger partial charge in [0.25, 0.3) is 0 Å². The molecule has 1 heterocycles. The van der Waals surface area contributed by atoms with E-state index in [1.54, 1.807) is 0 Å². The molecule has 1 amide bonds. The fraction of sp³-hybridized carbons (Fsp3) is 0.762. The van der Waals surface area contributed by atoms with Gasteiger partial charge >= 0.3 is 6.09 Å². The van der Waals surface area contributed by atoms with Gasteiger partial charge in [0.2, 0.25) is 0 Å². The third-order valence-electron chi connectivity index (χ3n) is 6.92. The van der Waals surface area contributed by atoms with Crippen LogP contribution in [0.1, 0.15) is 52.9 Å². The quantitative estimate of drug-likeness (QED) is 0.764. The number of carbonyl (C=O) groups is 1. The van der Waals surface area contributed by atoms with Gasteiger partial charge in [0, 0.05) is 17.4 Å². The van der Waals surface area contributed by atoms with Crippen LogP contribution in [0, 0.1) is 23.2 Å². The molecule has 3 aliphatic rings. The lowest BCUT2D eigenvalue weighted by atomic mass is 9.56. The SMILES string of the molecule is C=CC1OC[C@]2(COC(=O)NC3CCCCC3)C(C)C=C(C)C1[C@@H]2C. The third kappa shape index (κ3) is 3.51. The smallest absolute Gasteiger partial charge is 0.407 e. The Balaban J connectivity index is 1.66. The van der Waals surface area contributed by atoms with E-state index >= 15 is 0 Å². The van der Waals surface area contributed by atoms with Crippen LogP contribution in [-0.2, 0) is 9.47 Å². The average molecular weight is 347 g/mol. The number of rotatable bonds is 4. The Morgan fingerprint density at radius 2 is 2.12 bits per heavy atom. The molecule has 0 radical (unpaired) electrons. The van der Waals surface area contributed by atoms with Gasteiger partial charge in [0.1, 0.15) is 6.61 Å². The van der Waals surface area contributed by atoms with E-state index in [0.29, 0.717) is 31.0 Å². The van der Waals surface area contributed by atoms with E-state index in [9.17, 15) is 4.79 Å². The van der Waals surface area contributed by atoms with Crippen LogP contribution in [0.2, 0.25) is 0 Å². The van der Waals surface area contributed by atoms with Crippen LogP contribution in [0.3, 0.4) is 0 Å². The number of allylic oxidation sites excluding steroid dienone is 1. The van der Waals surface area contributed by atoms with Crippen LogP contribution < -0.4 is 5.32 Å². The van der Waals surface area contributed by atoms with E-state index in [1.165, 1.54) is 24.8 Å². The normalized spacial score (nSPS) is 38.6. The highest BCUT2D eigenvalue weighted by atomic mass is 16.6. The summed E-state index contributed by atoms with van der Waals surface area (Å²) in [7, 11) is 0. The van der Waals surface area contributed by atoms with Gasteiger partial charge in [0.15, 0.2) is 0 Å². The van der Waals surface area contributed by atoms with E-state index in [1.807, 2.05) is 6.08 Å². The van der Waals surface area contributed by atoms with Gasteiger partial charge < -0.3 is 14.8 Å². The van der Waals surface area contributed by atoms with Crippen molar-refractivity contribution in [2.75, 3.05) is 13.2 Å². The molecule has 2 fully saturated rings. The van der Waals surface area contributed by atoms with Crippen molar-refractivity contribution >= 4 is 6.09 Å². The van der Waals surface area contributed by atoms with Crippen LogP contribution in [0.25, 0.3) is 0 Å². The molecule has 140 valence electrons. The Kier molecular flexibility index (Phi) is 5.57. The molecule has 1 saturated carbocycles. The Bertz CT molecular complexity index is 537. The number of amides is 1. The fourth-order valence-electron chi connectivity index (χ4n) is 5.17. The lowest BCUT2D eigenvalue weighted by Gasteiger charge is -2.54. The highest BCUT2D eigenvalue weighted by Crippen LogP contribution is 2.52. The summed E-state index contributed by atoms with van der Waals surface area (Å²) in [6, 6.07) is 0.280. The molecule has 2 aliphatic carbocycles. The van der Waals surface area contributed by atoms with Crippen molar-refractivity contribution in [1.82, 2.24) is 5.32 Å². The summed E-state index contributed by atoms with van der Waals surface area (Å²) in [4.78, 5) is 12.3. The van der Waals surface area contributed by atoms with Crippen molar-refractivity contribution in [3.8, 4) is 0 Å². The van der Waals surface area contributed by atoms with Gasteiger partial charge in [-0.2, -0.15) is 0 Å².